The van der Waals surface area contributed by atoms with E-state index >= 15 is 0 Å². The predicted molar refractivity (Wildman–Crippen MR) is 140 cm³/mol. The molecule has 33 heavy (non-hydrogen) atoms. The average Bonchev–Trinajstić information content (AvgIpc) is 3.39. The first-order valence-corrected chi connectivity index (χ1v) is 11.9. The number of para-hydroxylation sites is 2. The molecule has 0 saturated heterocycles. The number of halogens is 1. The van der Waals surface area contributed by atoms with Crippen molar-refractivity contribution in [1.82, 2.24) is 14.5 Å². The monoisotopic (exact) mass is 461 g/mol. The fourth-order valence-corrected chi connectivity index (χ4v) is 6.09. The van der Waals surface area contributed by atoms with Gasteiger partial charge in [-0.2, -0.15) is 0 Å². The lowest BCUT2D eigenvalue weighted by molar-refractivity contribution is 1.18. The Morgan fingerprint density at radius 1 is 0.667 bits per heavy atom. The summed E-state index contributed by atoms with van der Waals surface area (Å²) in [6.45, 7) is 0. The van der Waals surface area contributed by atoms with Gasteiger partial charge in [-0.15, -0.1) is 11.3 Å². The highest BCUT2D eigenvalue weighted by atomic mass is 35.5. The Morgan fingerprint density at radius 3 is 2.09 bits per heavy atom. The van der Waals surface area contributed by atoms with Gasteiger partial charge >= 0.3 is 0 Å². The van der Waals surface area contributed by atoms with Crippen LogP contribution >= 0.6 is 22.9 Å². The van der Waals surface area contributed by atoms with E-state index in [-0.39, 0.29) is 5.28 Å². The first-order valence-electron chi connectivity index (χ1n) is 10.7. The molecular formula is C28H16ClN3S. The Balaban J connectivity index is 1.53. The van der Waals surface area contributed by atoms with Crippen LogP contribution in [0.4, 0.5) is 0 Å². The van der Waals surface area contributed by atoms with Gasteiger partial charge in [0.05, 0.1) is 16.7 Å². The van der Waals surface area contributed by atoms with Crippen molar-refractivity contribution in [3.63, 3.8) is 0 Å². The Bertz CT molecular complexity index is 1790. The maximum atomic E-state index is 6.38. The van der Waals surface area contributed by atoms with Crippen LogP contribution < -0.4 is 0 Å². The van der Waals surface area contributed by atoms with E-state index in [2.05, 4.69) is 107 Å². The second-order valence-electron chi connectivity index (χ2n) is 8.04. The van der Waals surface area contributed by atoms with E-state index in [9.17, 15) is 0 Å². The molecule has 0 N–H and O–H groups in total. The lowest BCUT2D eigenvalue weighted by atomic mass is 10.1. The van der Waals surface area contributed by atoms with E-state index in [0.717, 1.165) is 32.5 Å². The summed E-state index contributed by atoms with van der Waals surface area (Å²) in [4.78, 5) is 10.1. The van der Waals surface area contributed by atoms with Crippen molar-refractivity contribution >= 4 is 65.0 Å². The summed E-state index contributed by atoms with van der Waals surface area (Å²) in [5.41, 5.74) is 5.34. The molecule has 0 bridgehead atoms. The van der Waals surface area contributed by atoms with Gasteiger partial charge in [0.15, 0.2) is 0 Å². The number of thiophene rings is 1. The molecule has 0 fully saturated rings. The third-order valence-electron chi connectivity index (χ3n) is 6.17. The average molecular weight is 462 g/mol. The standard InChI is InChI=1S/C28H16ClN3S/c29-28-30-26(25-21-12-3-6-15-24(21)33-27(25)31-28)17-8-7-9-18(16-17)32-22-13-4-1-10-19(22)20-11-2-5-14-23(20)32/h1-16H. The molecule has 156 valence electrons. The molecule has 3 aromatic heterocycles. The van der Waals surface area contributed by atoms with E-state index in [1.54, 1.807) is 11.3 Å². The quantitative estimate of drug-likeness (QED) is 0.242. The van der Waals surface area contributed by atoms with Crippen molar-refractivity contribution in [2.24, 2.45) is 0 Å². The molecule has 4 aromatic carbocycles. The lowest BCUT2D eigenvalue weighted by Gasteiger charge is -2.11. The molecule has 0 atom stereocenters. The van der Waals surface area contributed by atoms with Crippen molar-refractivity contribution in [3.8, 4) is 16.9 Å². The fourth-order valence-electron chi connectivity index (χ4n) is 4.80. The van der Waals surface area contributed by atoms with Crippen LogP contribution in [-0.4, -0.2) is 14.5 Å². The number of fused-ring (bicyclic) bond motifs is 6. The van der Waals surface area contributed by atoms with Gasteiger partial charge in [-0.3, -0.25) is 0 Å². The molecule has 7 aromatic rings. The topological polar surface area (TPSA) is 30.7 Å². The third kappa shape index (κ3) is 2.81. The molecule has 0 aliphatic heterocycles. The number of rotatable bonds is 2. The van der Waals surface area contributed by atoms with Crippen LogP contribution in [0.2, 0.25) is 5.28 Å². The molecule has 3 heterocycles. The van der Waals surface area contributed by atoms with Gasteiger partial charge in [0.2, 0.25) is 5.28 Å². The molecule has 5 heteroatoms. The first-order chi connectivity index (χ1) is 16.3. The molecule has 0 saturated carbocycles. The van der Waals surface area contributed by atoms with E-state index in [0.29, 0.717) is 0 Å². The van der Waals surface area contributed by atoms with Gasteiger partial charge in [0, 0.05) is 37.5 Å². The Morgan fingerprint density at radius 2 is 1.33 bits per heavy atom. The Hall–Kier alpha value is -3.73. The van der Waals surface area contributed by atoms with Gasteiger partial charge in [-0.25, -0.2) is 9.97 Å². The van der Waals surface area contributed by atoms with Crippen LogP contribution in [0.15, 0.2) is 97.1 Å². The summed E-state index contributed by atoms with van der Waals surface area (Å²) in [7, 11) is 0. The van der Waals surface area contributed by atoms with Crippen molar-refractivity contribution in [2.45, 2.75) is 0 Å². The number of aromatic nitrogens is 3. The molecule has 0 unspecified atom stereocenters. The van der Waals surface area contributed by atoms with Crippen LogP contribution in [0.1, 0.15) is 0 Å². The lowest BCUT2D eigenvalue weighted by Crippen LogP contribution is -1.95. The molecule has 7 rings (SSSR count). The molecule has 0 aliphatic rings. The van der Waals surface area contributed by atoms with Crippen LogP contribution in [-0.2, 0) is 0 Å². The zero-order valence-corrected chi connectivity index (χ0v) is 18.9. The van der Waals surface area contributed by atoms with Crippen LogP contribution in [0.25, 0.3) is 59.1 Å². The number of nitrogens with zero attached hydrogens (tertiary/aromatic N) is 3. The van der Waals surface area contributed by atoms with Gasteiger partial charge in [0.25, 0.3) is 0 Å². The Kier molecular flexibility index (Phi) is 4.07. The summed E-state index contributed by atoms with van der Waals surface area (Å²) in [6.07, 6.45) is 0. The number of benzene rings is 4. The second-order valence-corrected chi connectivity index (χ2v) is 9.41. The predicted octanol–water partition coefficient (Wildman–Crippen LogP) is 8.26. The highest BCUT2D eigenvalue weighted by Crippen LogP contribution is 2.39. The highest BCUT2D eigenvalue weighted by molar-refractivity contribution is 7.25. The van der Waals surface area contributed by atoms with Gasteiger partial charge in [0.1, 0.15) is 4.83 Å². The van der Waals surface area contributed by atoms with E-state index in [1.807, 2.05) is 0 Å². The van der Waals surface area contributed by atoms with E-state index in [1.165, 1.54) is 26.5 Å². The van der Waals surface area contributed by atoms with Crippen molar-refractivity contribution in [1.29, 1.82) is 0 Å². The normalized spacial score (nSPS) is 11.8. The molecule has 0 radical (unpaired) electrons. The summed E-state index contributed by atoms with van der Waals surface area (Å²) < 4.78 is 3.50. The third-order valence-corrected chi connectivity index (χ3v) is 7.40. The molecular weight excluding hydrogens is 446 g/mol. The number of hydrogen-bond acceptors (Lipinski definition) is 3. The van der Waals surface area contributed by atoms with Gasteiger partial charge in [-0.1, -0.05) is 66.7 Å². The number of hydrogen-bond donors (Lipinski definition) is 0. The summed E-state index contributed by atoms with van der Waals surface area (Å²) in [6, 6.07) is 34.0. The molecule has 0 spiro atoms. The smallest absolute Gasteiger partial charge is 0.224 e. The molecule has 0 aliphatic carbocycles. The Labute approximate surface area is 198 Å². The van der Waals surface area contributed by atoms with E-state index < -0.39 is 0 Å². The minimum Gasteiger partial charge on any atom is -0.309 e. The van der Waals surface area contributed by atoms with Gasteiger partial charge < -0.3 is 4.57 Å². The first kappa shape index (κ1) is 18.8. The zero-order chi connectivity index (χ0) is 21.9. The van der Waals surface area contributed by atoms with Crippen molar-refractivity contribution in [3.05, 3.63) is 102 Å². The van der Waals surface area contributed by atoms with Crippen LogP contribution in [0, 0.1) is 0 Å². The summed E-state index contributed by atoms with van der Waals surface area (Å²) in [5.74, 6) is 0. The summed E-state index contributed by atoms with van der Waals surface area (Å²) in [5, 5.41) is 4.97. The van der Waals surface area contributed by atoms with Gasteiger partial charge in [-0.05, 0) is 41.9 Å². The summed E-state index contributed by atoms with van der Waals surface area (Å²) >= 11 is 8.03. The molecule has 3 nitrogen and oxygen atoms in total. The second kappa shape index (κ2) is 7.14. The molecule has 0 amide bonds. The SMILES string of the molecule is Clc1nc(-c2cccc(-n3c4ccccc4c4ccccc43)c2)c2c(n1)sc1ccccc12. The van der Waals surface area contributed by atoms with Crippen molar-refractivity contribution < 1.29 is 0 Å². The minimum absolute atomic E-state index is 0.270. The maximum Gasteiger partial charge on any atom is 0.224 e. The maximum absolute atomic E-state index is 6.38. The highest BCUT2D eigenvalue weighted by Gasteiger charge is 2.17. The fraction of sp³-hybridized carbons (Fsp3) is 0. The van der Waals surface area contributed by atoms with Crippen LogP contribution in [0.5, 0.6) is 0 Å². The van der Waals surface area contributed by atoms with Crippen LogP contribution in [0.3, 0.4) is 0 Å². The van der Waals surface area contributed by atoms with Crippen molar-refractivity contribution in [2.75, 3.05) is 0 Å². The van der Waals surface area contributed by atoms with E-state index in [4.69, 9.17) is 16.6 Å². The largest absolute Gasteiger partial charge is 0.309 e. The minimum atomic E-state index is 0.270. The zero-order valence-electron chi connectivity index (χ0n) is 17.4.